The number of carbonyl (C=O) groups is 3. The molecule has 0 spiro atoms. The van der Waals surface area contributed by atoms with Gasteiger partial charge in [0, 0.05) is 30.7 Å². The number of nitrogens with zero attached hydrogens (tertiary/aromatic N) is 4. The van der Waals surface area contributed by atoms with E-state index < -0.39 is 23.0 Å². The summed E-state index contributed by atoms with van der Waals surface area (Å²) in [7, 11) is 0. The Morgan fingerprint density at radius 2 is 1.81 bits per heavy atom. The summed E-state index contributed by atoms with van der Waals surface area (Å²) in [5.74, 6) is -0.201. The Labute approximate surface area is 209 Å². The van der Waals surface area contributed by atoms with Crippen LogP contribution in [0.5, 0.6) is 0 Å². The van der Waals surface area contributed by atoms with Crippen molar-refractivity contribution in [3.05, 3.63) is 48.2 Å². The number of rotatable bonds is 5. The molecule has 3 heterocycles. The van der Waals surface area contributed by atoms with Gasteiger partial charge in [-0.3, -0.25) is 10.1 Å². The molecule has 9 nitrogen and oxygen atoms in total. The zero-order valence-electron chi connectivity index (χ0n) is 19.5. The van der Waals surface area contributed by atoms with Crippen molar-refractivity contribution in [2.24, 2.45) is 0 Å². The van der Waals surface area contributed by atoms with E-state index in [1.807, 2.05) is 0 Å². The molecule has 1 aromatic heterocycles. The van der Waals surface area contributed by atoms with E-state index in [9.17, 15) is 27.6 Å². The fraction of sp³-hybridized carbons (Fsp3) is 0.391. The number of ether oxygens (including phenoxy) is 1. The van der Waals surface area contributed by atoms with Gasteiger partial charge in [0.2, 0.25) is 0 Å². The predicted molar refractivity (Wildman–Crippen MR) is 127 cm³/mol. The van der Waals surface area contributed by atoms with Gasteiger partial charge in [-0.2, -0.15) is 13.2 Å². The normalized spacial score (nSPS) is 18.1. The number of halogens is 3. The summed E-state index contributed by atoms with van der Waals surface area (Å²) < 4.78 is 43.1. The first kappa shape index (κ1) is 25.8. The summed E-state index contributed by atoms with van der Waals surface area (Å²) in [6, 6.07) is 7.45. The van der Waals surface area contributed by atoms with Crippen LogP contribution >= 0.6 is 11.8 Å². The predicted octanol–water partition coefficient (Wildman–Crippen LogP) is 4.31. The summed E-state index contributed by atoms with van der Waals surface area (Å²) in [6.45, 7) is 5.11. The molecule has 1 aromatic carbocycles. The highest BCUT2D eigenvalue weighted by atomic mass is 32.2. The zero-order valence-corrected chi connectivity index (χ0v) is 20.4. The molecule has 0 unspecified atom stereocenters. The van der Waals surface area contributed by atoms with E-state index in [-0.39, 0.29) is 34.9 Å². The van der Waals surface area contributed by atoms with E-state index in [1.54, 1.807) is 30.9 Å². The topological polar surface area (TPSA) is 95.1 Å². The van der Waals surface area contributed by atoms with E-state index >= 15 is 0 Å². The molecule has 0 saturated carbocycles. The van der Waals surface area contributed by atoms with Gasteiger partial charge in [0.1, 0.15) is 11.4 Å². The molecule has 13 heteroatoms. The van der Waals surface area contributed by atoms with Crippen LogP contribution in [0.1, 0.15) is 19.4 Å². The second-order valence-corrected chi connectivity index (χ2v) is 9.83. The third-order valence-corrected chi connectivity index (χ3v) is 6.59. The molecule has 36 heavy (non-hydrogen) atoms. The van der Waals surface area contributed by atoms with Crippen molar-refractivity contribution in [3.63, 3.8) is 0 Å². The van der Waals surface area contributed by atoms with Crippen molar-refractivity contribution in [1.29, 1.82) is 0 Å². The van der Waals surface area contributed by atoms with Crippen LogP contribution in [0.2, 0.25) is 0 Å². The number of imide groups is 1. The third kappa shape index (κ3) is 5.57. The molecule has 0 atom stereocenters. The van der Waals surface area contributed by atoms with Gasteiger partial charge in [0.05, 0.1) is 18.9 Å². The van der Waals surface area contributed by atoms with E-state index in [1.165, 1.54) is 35.4 Å². The highest BCUT2D eigenvalue weighted by Crippen LogP contribution is 2.39. The number of urea groups is 2. The van der Waals surface area contributed by atoms with Gasteiger partial charge < -0.3 is 14.5 Å². The first-order valence-electron chi connectivity index (χ1n) is 11.1. The Morgan fingerprint density at radius 1 is 1.14 bits per heavy atom. The number of amides is 5. The Kier molecular flexibility index (Phi) is 7.14. The highest BCUT2D eigenvalue weighted by molar-refractivity contribution is 8.00. The van der Waals surface area contributed by atoms with Gasteiger partial charge in [0.15, 0.2) is 0 Å². The lowest BCUT2D eigenvalue weighted by atomic mass is 10.0. The Bertz CT molecular complexity index is 1150. The van der Waals surface area contributed by atoms with Crippen LogP contribution in [-0.4, -0.2) is 70.1 Å². The maximum absolute atomic E-state index is 13.3. The molecule has 2 aromatic rings. The number of carbonyl (C=O) groups excluding carboxylic acids is 3. The molecule has 2 fully saturated rings. The zero-order chi connectivity index (χ0) is 26.1. The smallest absolute Gasteiger partial charge is 0.378 e. The first-order valence-corrected chi connectivity index (χ1v) is 11.9. The lowest BCUT2D eigenvalue weighted by Crippen LogP contribution is -2.44. The van der Waals surface area contributed by atoms with Gasteiger partial charge in [-0.15, -0.1) is 0 Å². The number of alkyl halides is 3. The summed E-state index contributed by atoms with van der Waals surface area (Å²) in [6.07, 6.45) is 1.49. The van der Waals surface area contributed by atoms with Crippen LogP contribution < -0.4 is 10.2 Å². The van der Waals surface area contributed by atoms with E-state index in [0.717, 1.165) is 4.90 Å². The van der Waals surface area contributed by atoms with Gasteiger partial charge in [0.25, 0.3) is 5.91 Å². The molecule has 2 aliphatic heterocycles. The van der Waals surface area contributed by atoms with E-state index in [4.69, 9.17) is 4.74 Å². The van der Waals surface area contributed by atoms with E-state index in [2.05, 4.69) is 10.3 Å². The molecule has 4 rings (SSSR count). The summed E-state index contributed by atoms with van der Waals surface area (Å²) in [5.41, 5.74) is -4.84. The second kappa shape index (κ2) is 9.97. The number of pyridine rings is 1. The molecule has 1 N–H and O–H groups in total. The number of nitrogens with one attached hydrogen (secondary N) is 1. The minimum atomic E-state index is -4.44. The third-order valence-electron chi connectivity index (χ3n) is 5.85. The Balaban J connectivity index is 1.49. The van der Waals surface area contributed by atoms with Crippen LogP contribution in [0, 0.1) is 0 Å². The number of hydrogen-bond donors (Lipinski definition) is 1. The summed E-state index contributed by atoms with van der Waals surface area (Å²) >= 11 is -0.274. The van der Waals surface area contributed by atoms with Crippen LogP contribution in [0.25, 0.3) is 0 Å². The SMILES string of the molecule is CC1(C)C(=O)N(c2ccc(SC(F)(F)F)cc2)C(=O)N1Cc1ccnc(NC(=O)N2CCOCC2)c1. The van der Waals surface area contributed by atoms with Crippen molar-refractivity contribution in [2.75, 3.05) is 36.5 Å². The fourth-order valence-electron chi connectivity index (χ4n) is 3.90. The maximum Gasteiger partial charge on any atom is 0.446 e. The molecule has 0 bridgehead atoms. The quantitative estimate of drug-likeness (QED) is 0.464. The Morgan fingerprint density at radius 3 is 2.44 bits per heavy atom. The number of morpholine rings is 1. The number of thioether (sulfide) groups is 1. The summed E-state index contributed by atoms with van der Waals surface area (Å²) in [5, 5.41) is 2.73. The van der Waals surface area contributed by atoms with Crippen LogP contribution in [-0.2, 0) is 16.1 Å². The van der Waals surface area contributed by atoms with Crippen molar-refractivity contribution in [3.8, 4) is 0 Å². The Hall–Kier alpha value is -3.32. The van der Waals surface area contributed by atoms with Crippen molar-refractivity contribution in [1.82, 2.24) is 14.8 Å². The van der Waals surface area contributed by atoms with Gasteiger partial charge >= 0.3 is 17.6 Å². The van der Waals surface area contributed by atoms with Crippen molar-refractivity contribution >= 4 is 41.2 Å². The molecule has 0 radical (unpaired) electrons. The maximum atomic E-state index is 13.3. The van der Waals surface area contributed by atoms with Gasteiger partial charge in [-0.25, -0.2) is 19.5 Å². The first-order chi connectivity index (χ1) is 17.0. The van der Waals surface area contributed by atoms with Crippen LogP contribution in [0.15, 0.2) is 47.5 Å². The largest absolute Gasteiger partial charge is 0.446 e. The average Bonchev–Trinajstić information content (AvgIpc) is 2.99. The fourth-order valence-corrected chi connectivity index (χ4v) is 4.44. The van der Waals surface area contributed by atoms with Gasteiger partial charge in [-0.05, 0) is 67.6 Å². The second-order valence-electron chi connectivity index (χ2n) is 8.69. The van der Waals surface area contributed by atoms with Crippen LogP contribution in [0.4, 0.5) is 34.3 Å². The van der Waals surface area contributed by atoms with Crippen molar-refractivity contribution < 1.29 is 32.3 Å². The van der Waals surface area contributed by atoms with Crippen LogP contribution in [0.3, 0.4) is 0 Å². The standard InChI is InChI=1S/C23H24F3N5O4S/c1-22(2)19(32)31(16-3-5-17(6-4-16)36-23(24,25)26)21(34)30(22)14-15-7-8-27-18(13-15)28-20(33)29-9-11-35-12-10-29/h3-8,13H,9-12,14H2,1-2H3,(H,27,28,33). The molecular formula is C23H24F3N5O4S. The number of aromatic nitrogens is 1. The molecule has 2 aliphatic rings. The summed E-state index contributed by atoms with van der Waals surface area (Å²) in [4.78, 5) is 46.9. The molecule has 0 aliphatic carbocycles. The lowest BCUT2D eigenvalue weighted by molar-refractivity contribution is -0.123. The number of benzene rings is 1. The molecule has 2 saturated heterocycles. The number of hydrogen-bond acceptors (Lipinski definition) is 6. The minimum absolute atomic E-state index is 0.0510. The minimum Gasteiger partial charge on any atom is -0.378 e. The van der Waals surface area contributed by atoms with Gasteiger partial charge in [-0.1, -0.05) is 0 Å². The highest BCUT2D eigenvalue weighted by Gasteiger charge is 2.51. The molecular weight excluding hydrogens is 499 g/mol. The number of anilines is 2. The average molecular weight is 524 g/mol. The monoisotopic (exact) mass is 523 g/mol. The molecule has 192 valence electrons. The van der Waals surface area contributed by atoms with Crippen molar-refractivity contribution in [2.45, 2.75) is 36.3 Å². The van der Waals surface area contributed by atoms with E-state index in [0.29, 0.717) is 37.7 Å². The lowest BCUT2D eigenvalue weighted by Gasteiger charge is -2.28. The molecule has 5 amide bonds.